The number of thioether (sulfide) groups is 1. The molecule has 3 aromatic rings. The zero-order chi connectivity index (χ0) is 18.8. The summed E-state index contributed by atoms with van der Waals surface area (Å²) >= 11 is 7.38. The van der Waals surface area contributed by atoms with Crippen molar-refractivity contribution in [1.29, 1.82) is 0 Å². The maximum absolute atomic E-state index is 13.0. The molecule has 0 unspecified atom stereocenters. The van der Waals surface area contributed by atoms with Crippen LogP contribution in [0.1, 0.15) is 0 Å². The molecule has 1 fully saturated rings. The number of carbonyl (C=O) groups excluding carboxylic acids is 1. The Morgan fingerprint density at radius 3 is 2.63 bits per heavy atom. The number of aromatic nitrogens is 2. The van der Waals surface area contributed by atoms with E-state index < -0.39 is 0 Å². The predicted molar refractivity (Wildman–Crippen MR) is 107 cm³/mol. The van der Waals surface area contributed by atoms with Gasteiger partial charge in [0.05, 0.1) is 16.8 Å². The Bertz CT molecular complexity index is 954. The predicted octanol–water partition coefficient (Wildman–Crippen LogP) is 3.80. The van der Waals surface area contributed by atoms with Gasteiger partial charge in [-0.3, -0.25) is 4.79 Å². The summed E-state index contributed by atoms with van der Waals surface area (Å²) in [5, 5.41) is 1.36. The van der Waals surface area contributed by atoms with Gasteiger partial charge in [0, 0.05) is 36.9 Å². The zero-order valence-electron chi connectivity index (χ0n) is 14.5. The van der Waals surface area contributed by atoms with Crippen LogP contribution in [0.3, 0.4) is 0 Å². The quantitative estimate of drug-likeness (QED) is 0.672. The molecule has 0 aliphatic carbocycles. The minimum Gasteiger partial charge on any atom is -0.368 e. The number of carbonyl (C=O) groups is 1. The van der Waals surface area contributed by atoms with E-state index in [0.717, 1.165) is 29.8 Å². The number of anilines is 1. The van der Waals surface area contributed by atoms with E-state index in [-0.39, 0.29) is 11.7 Å². The molecule has 8 heteroatoms. The third-order valence-corrected chi connectivity index (χ3v) is 5.67. The van der Waals surface area contributed by atoms with Gasteiger partial charge in [0.25, 0.3) is 0 Å². The molecule has 0 radical (unpaired) electrons. The molecule has 0 atom stereocenters. The van der Waals surface area contributed by atoms with E-state index in [1.54, 1.807) is 18.2 Å². The molecule has 4 rings (SSSR count). The van der Waals surface area contributed by atoms with E-state index in [2.05, 4.69) is 14.9 Å². The average molecular weight is 405 g/mol. The zero-order valence-corrected chi connectivity index (χ0v) is 16.1. The molecule has 1 amide bonds. The number of amides is 1. The van der Waals surface area contributed by atoms with Crippen LogP contribution in [0.15, 0.2) is 47.6 Å². The second-order valence-corrected chi connectivity index (χ2v) is 7.74. The second kappa shape index (κ2) is 7.78. The summed E-state index contributed by atoms with van der Waals surface area (Å²) in [6.45, 7) is 2.80. The number of hydrogen-bond donors (Lipinski definition) is 1. The van der Waals surface area contributed by atoms with Gasteiger partial charge in [-0.2, -0.15) is 0 Å². The van der Waals surface area contributed by atoms with Crippen LogP contribution in [0.2, 0.25) is 5.02 Å². The smallest absolute Gasteiger partial charge is 0.233 e. The molecule has 0 spiro atoms. The number of hydrogen-bond acceptors (Lipinski definition) is 4. The van der Waals surface area contributed by atoms with Gasteiger partial charge in [-0.15, -0.1) is 0 Å². The first-order chi connectivity index (χ1) is 13.1. The fourth-order valence-electron chi connectivity index (χ4n) is 3.11. The van der Waals surface area contributed by atoms with Gasteiger partial charge in [0.1, 0.15) is 5.82 Å². The number of nitrogens with zero attached hydrogens (tertiary/aromatic N) is 3. The molecule has 0 saturated carbocycles. The summed E-state index contributed by atoms with van der Waals surface area (Å²) in [6.07, 6.45) is 0. The first-order valence-electron chi connectivity index (χ1n) is 8.65. The molecule has 140 valence electrons. The Hall–Kier alpha value is -2.25. The Balaban J connectivity index is 1.30. The summed E-state index contributed by atoms with van der Waals surface area (Å²) in [7, 11) is 0. The highest BCUT2D eigenvalue weighted by Gasteiger charge is 2.21. The van der Waals surface area contributed by atoms with E-state index in [1.165, 1.54) is 23.9 Å². The monoisotopic (exact) mass is 404 g/mol. The van der Waals surface area contributed by atoms with Gasteiger partial charge in [-0.05, 0) is 42.5 Å². The summed E-state index contributed by atoms with van der Waals surface area (Å²) in [4.78, 5) is 24.2. The van der Waals surface area contributed by atoms with Crippen LogP contribution in [-0.4, -0.2) is 52.7 Å². The summed E-state index contributed by atoms with van der Waals surface area (Å²) in [6, 6.07) is 11.9. The van der Waals surface area contributed by atoms with Crippen molar-refractivity contribution in [2.24, 2.45) is 0 Å². The molecule has 1 aliphatic rings. The van der Waals surface area contributed by atoms with Crippen LogP contribution in [0.5, 0.6) is 0 Å². The summed E-state index contributed by atoms with van der Waals surface area (Å²) < 4.78 is 13.0. The number of halogens is 2. The van der Waals surface area contributed by atoms with Crippen LogP contribution in [0.25, 0.3) is 11.0 Å². The number of benzene rings is 2. The summed E-state index contributed by atoms with van der Waals surface area (Å²) in [5.41, 5.74) is 2.69. The van der Waals surface area contributed by atoms with E-state index in [1.807, 2.05) is 17.0 Å². The number of fused-ring (bicyclic) bond motifs is 1. The molecule has 2 aromatic carbocycles. The van der Waals surface area contributed by atoms with Gasteiger partial charge in [-0.25, -0.2) is 9.37 Å². The standard InChI is InChI=1S/C19H18ClFN4OS/c20-13-1-6-16-17(11-13)23-19(22-16)27-12-18(26)25-9-7-24(8-10-25)15-4-2-14(21)3-5-15/h1-6,11H,7-10,12H2,(H,22,23). The fraction of sp³-hybridized carbons (Fsp3) is 0.263. The number of nitrogens with one attached hydrogen (secondary N) is 1. The number of imidazole rings is 1. The lowest BCUT2D eigenvalue weighted by Crippen LogP contribution is -2.49. The van der Waals surface area contributed by atoms with Crippen LogP contribution >= 0.6 is 23.4 Å². The van der Waals surface area contributed by atoms with Gasteiger partial charge in [0.15, 0.2) is 5.16 Å². The molecule has 5 nitrogen and oxygen atoms in total. The van der Waals surface area contributed by atoms with Crippen molar-refractivity contribution < 1.29 is 9.18 Å². The Morgan fingerprint density at radius 2 is 1.89 bits per heavy atom. The molecule has 1 N–H and O–H groups in total. The Kier molecular flexibility index (Phi) is 5.22. The van der Waals surface area contributed by atoms with Crippen molar-refractivity contribution in [2.75, 3.05) is 36.8 Å². The van der Waals surface area contributed by atoms with E-state index >= 15 is 0 Å². The maximum atomic E-state index is 13.0. The fourth-order valence-corrected chi connectivity index (χ4v) is 4.07. The number of piperazine rings is 1. The van der Waals surface area contributed by atoms with Crippen molar-refractivity contribution in [2.45, 2.75) is 5.16 Å². The van der Waals surface area contributed by atoms with Crippen molar-refractivity contribution in [3.8, 4) is 0 Å². The van der Waals surface area contributed by atoms with Crippen molar-refractivity contribution in [1.82, 2.24) is 14.9 Å². The van der Waals surface area contributed by atoms with Gasteiger partial charge >= 0.3 is 0 Å². The minimum absolute atomic E-state index is 0.0947. The lowest BCUT2D eigenvalue weighted by Gasteiger charge is -2.36. The van der Waals surface area contributed by atoms with Crippen LogP contribution in [0.4, 0.5) is 10.1 Å². The molecule has 2 heterocycles. The van der Waals surface area contributed by atoms with E-state index in [0.29, 0.717) is 29.0 Å². The van der Waals surface area contributed by atoms with Crippen LogP contribution in [0, 0.1) is 5.82 Å². The van der Waals surface area contributed by atoms with Gasteiger partial charge < -0.3 is 14.8 Å². The van der Waals surface area contributed by atoms with Gasteiger partial charge in [-0.1, -0.05) is 23.4 Å². The first-order valence-corrected chi connectivity index (χ1v) is 10.0. The minimum atomic E-state index is -0.238. The molecule has 27 heavy (non-hydrogen) atoms. The first kappa shape index (κ1) is 18.1. The SMILES string of the molecule is O=C(CSc1nc2ccc(Cl)cc2[nH]1)N1CCN(c2ccc(F)cc2)CC1. The highest BCUT2D eigenvalue weighted by atomic mass is 35.5. The number of rotatable bonds is 4. The Labute approximate surface area is 165 Å². The van der Waals surface area contributed by atoms with Crippen LogP contribution < -0.4 is 4.90 Å². The largest absolute Gasteiger partial charge is 0.368 e. The highest BCUT2D eigenvalue weighted by molar-refractivity contribution is 7.99. The topological polar surface area (TPSA) is 52.2 Å². The van der Waals surface area contributed by atoms with E-state index in [9.17, 15) is 9.18 Å². The lowest BCUT2D eigenvalue weighted by molar-refractivity contribution is -0.128. The third-order valence-electron chi connectivity index (χ3n) is 4.58. The van der Waals surface area contributed by atoms with Crippen LogP contribution in [-0.2, 0) is 4.79 Å². The molecule has 1 aromatic heterocycles. The summed E-state index contributed by atoms with van der Waals surface area (Å²) in [5.74, 6) is 0.194. The maximum Gasteiger partial charge on any atom is 0.233 e. The van der Waals surface area contributed by atoms with Crippen molar-refractivity contribution in [3.05, 3.63) is 53.3 Å². The molecular formula is C19H18ClFN4OS. The molecule has 0 bridgehead atoms. The van der Waals surface area contributed by atoms with Gasteiger partial charge in [0.2, 0.25) is 5.91 Å². The molecular weight excluding hydrogens is 387 g/mol. The normalized spacial score (nSPS) is 14.7. The molecule has 1 saturated heterocycles. The molecule has 1 aliphatic heterocycles. The number of aromatic amines is 1. The Morgan fingerprint density at radius 1 is 1.15 bits per heavy atom. The second-order valence-electron chi connectivity index (χ2n) is 6.34. The number of H-pyrrole nitrogens is 1. The van der Waals surface area contributed by atoms with Crippen molar-refractivity contribution in [3.63, 3.8) is 0 Å². The third kappa shape index (κ3) is 4.20. The lowest BCUT2D eigenvalue weighted by atomic mass is 10.2. The van der Waals surface area contributed by atoms with E-state index in [4.69, 9.17) is 11.6 Å². The van der Waals surface area contributed by atoms with Crippen molar-refractivity contribution >= 4 is 46.0 Å². The highest BCUT2D eigenvalue weighted by Crippen LogP contribution is 2.23. The average Bonchev–Trinajstić information content (AvgIpc) is 3.09.